The molecule has 0 aliphatic heterocycles. The summed E-state index contributed by atoms with van der Waals surface area (Å²) in [5.41, 5.74) is 2.93. The molecule has 1 N–H and O–H groups in total. The highest BCUT2D eigenvalue weighted by Gasteiger charge is 2.18. The van der Waals surface area contributed by atoms with Crippen LogP contribution in [0.1, 0.15) is 15.9 Å². The van der Waals surface area contributed by atoms with Gasteiger partial charge in [0.05, 0.1) is 0 Å². The Kier molecular flexibility index (Phi) is 6.73. The van der Waals surface area contributed by atoms with Gasteiger partial charge in [0.2, 0.25) is 5.95 Å². The van der Waals surface area contributed by atoms with Crippen molar-refractivity contribution in [3.05, 3.63) is 94.0 Å². The zero-order valence-electron chi connectivity index (χ0n) is 17.3. The molecule has 0 saturated heterocycles. The summed E-state index contributed by atoms with van der Waals surface area (Å²) in [5.74, 6) is 0.963. The third-order valence-electron chi connectivity index (χ3n) is 4.69. The van der Waals surface area contributed by atoms with Gasteiger partial charge in [0.1, 0.15) is 5.75 Å². The number of halogens is 2. The molecule has 3 aromatic carbocycles. The summed E-state index contributed by atoms with van der Waals surface area (Å²) < 4.78 is 6.84. The molecule has 0 aliphatic rings. The number of rotatable bonds is 7. The smallest absolute Gasteiger partial charge is 0.287 e. The van der Waals surface area contributed by atoms with Crippen molar-refractivity contribution in [1.82, 2.24) is 14.8 Å². The SMILES string of the molecule is Cc1ccc(-c2nc(NCc3ccc(Cl)cc3)n(C(=O)COc3ccc(Cl)cc3)n2)cc1. The summed E-state index contributed by atoms with van der Waals surface area (Å²) in [6, 6.07) is 22.0. The second-order valence-corrected chi connectivity index (χ2v) is 8.03. The number of nitrogens with zero attached hydrogens (tertiary/aromatic N) is 3. The lowest BCUT2D eigenvalue weighted by Crippen LogP contribution is -2.22. The fourth-order valence-electron chi connectivity index (χ4n) is 2.95. The Morgan fingerprint density at radius 1 is 0.938 bits per heavy atom. The Hall–Kier alpha value is -3.35. The predicted octanol–water partition coefficient (Wildman–Crippen LogP) is 5.89. The highest BCUT2D eigenvalue weighted by Crippen LogP contribution is 2.20. The first kappa shape index (κ1) is 21.9. The van der Waals surface area contributed by atoms with E-state index in [0.29, 0.717) is 34.1 Å². The molecule has 0 saturated carbocycles. The normalized spacial score (nSPS) is 10.7. The van der Waals surface area contributed by atoms with E-state index in [1.165, 1.54) is 4.68 Å². The van der Waals surface area contributed by atoms with E-state index in [9.17, 15) is 4.79 Å². The molecule has 0 fully saturated rings. The molecule has 0 radical (unpaired) electrons. The van der Waals surface area contributed by atoms with Gasteiger partial charge in [-0.15, -0.1) is 5.10 Å². The van der Waals surface area contributed by atoms with Crippen molar-refractivity contribution in [1.29, 1.82) is 0 Å². The first-order chi connectivity index (χ1) is 15.5. The number of carbonyl (C=O) groups is 1. The van der Waals surface area contributed by atoms with Gasteiger partial charge < -0.3 is 10.1 Å². The zero-order chi connectivity index (χ0) is 22.5. The van der Waals surface area contributed by atoms with Crippen LogP contribution in [0.25, 0.3) is 11.4 Å². The van der Waals surface area contributed by atoms with E-state index in [-0.39, 0.29) is 12.5 Å². The number of anilines is 1. The van der Waals surface area contributed by atoms with Crippen LogP contribution in [0.3, 0.4) is 0 Å². The average molecular weight is 467 g/mol. The van der Waals surface area contributed by atoms with E-state index in [1.54, 1.807) is 24.3 Å². The molecule has 6 nitrogen and oxygen atoms in total. The van der Waals surface area contributed by atoms with E-state index in [4.69, 9.17) is 27.9 Å². The van der Waals surface area contributed by atoms with Crippen molar-refractivity contribution >= 4 is 35.1 Å². The predicted molar refractivity (Wildman–Crippen MR) is 127 cm³/mol. The molecule has 0 unspecified atom stereocenters. The lowest BCUT2D eigenvalue weighted by Gasteiger charge is -2.09. The Labute approximate surface area is 195 Å². The summed E-state index contributed by atoms with van der Waals surface area (Å²) >= 11 is 11.9. The van der Waals surface area contributed by atoms with Gasteiger partial charge in [0.25, 0.3) is 5.91 Å². The third-order valence-corrected chi connectivity index (χ3v) is 5.20. The van der Waals surface area contributed by atoms with E-state index >= 15 is 0 Å². The van der Waals surface area contributed by atoms with Crippen LogP contribution in [0.5, 0.6) is 5.75 Å². The zero-order valence-corrected chi connectivity index (χ0v) is 18.8. The lowest BCUT2D eigenvalue weighted by molar-refractivity contribution is 0.0824. The van der Waals surface area contributed by atoms with E-state index in [0.717, 1.165) is 16.7 Å². The number of ether oxygens (including phenoxy) is 1. The third kappa shape index (κ3) is 5.46. The Balaban J connectivity index is 1.55. The maximum absolute atomic E-state index is 12.9. The quantitative estimate of drug-likeness (QED) is 0.367. The molecule has 8 heteroatoms. The number of aromatic nitrogens is 3. The minimum absolute atomic E-state index is 0.200. The highest BCUT2D eigenvalue weighted by atomic mass is 35.5. The molecule has 162 valence electrons. The summed E-state index contributed by atoms with van der Waals surface area (Å²) in [6.45, 7) is 2.26. The van der Waals surface area contributed by atoms with Crippen molar-refractivity contribution < 1.29 is 9.53 Å². The number of hydrogen-bond donors (Lipinski definition) is 1. The topological polar surface area (TPSA) is 69.0 Å². The molecule has 4 rings (SSSR count). The van der Waals surface area contributed by atoms with E-state index < -0.39 is 0 Å². The van der Waals surface area contributed by atoms with Crippen molar-refractivity contribution in [2.24, 2.45) is 0 Å². The fraction of sp³-hybridized carbons (Fsp3) is 0.125. The first-order valence-corrected chi connectivity index (χ1v) is 10.7. The van der Waals surface area contributed by atoms with Crippen molar-refractivity contribution in [3.8, 4) is 17.1 Å². The lowest BCUT2D eigenvalue weighted by atomic mass is 10.1. The highest BCUT2D eigenvalue weighted by molar-refractivity contribution is 6.30. The standard InChI is InChI=1S/C24H20Cl2N4O2/c1-16-2-6-18(7-3-16)23-28-24(27-14-17-4-8-19(25)9-5-17)30(29-23)22(31)15-32-21-12-10-20(26)11-13-21/h2-13H,14-15H2,1H3,(H,27,28,29). The van der Waals surface area contributed by atoms with Gasteiger partial charge in [0, 0.05) is 22.2 Å². The molecular formula is C24H20Cl2N4O2. The van der Waals surface area contributed by atoms with Crippen LogP contribution < -0.4 is 10.1 Å². The number of benzene rings is 3. The molecule has 0 aliphatic carbocycles. The van der Waals surface area contributed by atoms with Gasteiger partial charge in [-0.1, -0.05) is 65.2 Å². The van der Waals surface area contributed by atoms with Crippen molar-refractivity contribution in [2.45, 2.75) is 13.5 Å². The van der Waals surface area contributed by atoms with Crippen LogP contribution in [0.2, 0.25) is 10.0 Å². The maximum atomic E-state index is 12.9. The molecule has 32 heavy (non-hydrogen) atoms. The monoisotopic (exact) mass is 466 g/mol. The van der Waals surface area contributed by atoms with Crippen molar-refractivity contribution in [3.63, 3.8) is 0 Å². The Morgan fingerprint density at radius 2 is 1.56 bits per heavy atom. The number of carbonyl (C=O) groups excluding carboxylic acids is 1. The Morgan fingerprint density at radius 3 is 2.22 bits per heavy atom. The Bertz CT molecular complexity index is 1200. The van der Waals surface area contributed by atoms with Gasteiger partial charge in [0.15, 0.2) is 12.4 Å². The van der Waals surface area contributed by atoms with Crippen LogP contribution in [-0.2, 0) is 6.54 Å². The summed E-state index contributed by atoms with van der Waals surface area (Å²) in [5, 5.41) is 8.88. The molecule has 4 aromatic rings. The van der Waals surface area contributed by atoms with Crippen molar-refractivity contribution in [2.75, 3.05) is 11.9 Å². The number of aryl methyl sites for hydroxylation is 1. The molecule has 0 bridgehead atoms. The summed E-state index contributed by atoms with van der Waals surface area (Å²) in [4.78, 5) is 17.5. The van der Waals surface area contributed by atoms with Crippen LogP contribution in [0.4, 0.5) is 5.95 Å². The van der Waals surface area contributed by atoms with Crippen LogP contribution in [-0.4, -0.2) is 27.3 Å². The molecule has 1 heterocycles. The fourth-order valence-corrected chi connectivity index (χ4v) is 3.20. The first-order valence-electron chi connectivity index (χ1n) is 9.92. The number of nitrogens with one attached hydrogen (secondary N) is 1. The van der Waals surface area contributed by atoms with Gasteiger partial charge in [-0.2, -0.15) is 9.67 Å². The van der Waals surface area contributed by atoms with Gasteiger partial charge in [-0.25, -0.2) is 0 Å². The molecule has 0 spiro atoms. The van der Waals surface area contributed by atoms with Crippen LogP contribution in [0.15, 0.2) is 72.8 Å². The average Bonchev–Trinajstić information content (AvgIpc) is 3.23. The number of hydrogen-bond acceptors (Lipinski definition) is 5. The van der Waals surface area contributed by atoms with Crippen LogP contribution >= 0.6 is 23.2 Å². The second kappa shape index (κ2) is 9.85. The van der Waals surface area contributed by atoms with Gasteiger partial charge >= 0.3 is 0 Å². The minimum atomic E-state index is -0.357. The van der Waals surface area contributed by atoms with E-state index in [2.05, 4.69) is 15.4 Å². The van der Waals surface area contributed by atoms with Gasteiger partial charge in [-0.3, -0.25) is 4.79 Å². The largest absolute Gasteiger partial charge is 0.484 e. The summed E-state index contributed by atoms with van der Waals surface area (Å²) in [6.07, 6.45) is 0. The molecule has 1 aromatic heterocycles. The second-order valence-electron chi connectivity index (χ2n) is 7.15. The maximum Gasteiger partial charge on any atom is 0.287 e. The summed E-state index contributed by atoms with van der Waals surface area (Å²) in [7, 11) is 0. The molecule has 0 amide bonds. The van der Waals surface area contributed by atoms with Crippen LogP contribution in [0, 0.1) is 6.92 Å². The molecular weight excluding hydrogens is 447 g/mol. The van der Waals surface area contributed by atoms with E-state index in [1.807, 2.05) is 55.5 Å². The molecule has 0 atom stereocenters. The van der Waals surface area contributed by atoms with Gasteiger partial charge in [-0.05, 0) is 48.9 Å². The minimum Gasteiger partial charge on any atom is -0.484 e.